The summed E-state index contributed by atoms with van der Waals surface area (Å²) in [5, 5.41) is 0.657. The zero-order chi connectivity index (χ0) is 14.7. The summed E-state index contributed by atoms with van der Waals surface area (Å²) >= 11 is 3.35. The molecule has 0 bridgehead atoms. The first kappa shape index (κ1) is 14.5. The van der Waals surface area contributed by atoms with Gasteiger partial charge in [-0.3, -0.25) is 0 Å². The van der Waals surface area contributed by atoms with E-state index in [1.807, 2.05) is 36.0 Å². The number of rotatable bonds is 5. The minimum absolute atomic E-state index is 0.520. The van der Waals surface area contributed by atoms with Crippen LogP contribution in [0.4, 0.5) is 0 Å². The number of hydrogen-bond donors (Lipinski definition) is 1. The molecule has 3 aromatic rings. The molecule has 0 spiro atoms. The summed E-state index contributed by atoms with van der Waals surface area (Å²) in [6.07, 6.45) is 0. The summed E-state index contributed by atoms with van der Waals surface area (Å²) in [6, 6.07) is 14.0. The average Bonchev–Trinajstić information content (AvgIpc) is 2.90. The van der Waals surface area contributed by atoms with Crippen LogP contribution in [0.2, 0.25) is 0 Å². The van der Waals surface area contributed by atoms with Crippen molar-refractivity contribution in [2.75, 3.05) is 5.75 Å². The van der Waals surface area contributed by atoms with Gasteiger partial charge in [-0.1, -0.05) is 25.1 Å². The number of benzene rings is 2. The summed E-state index contributed by atoms with van der Waals surface area (Å²) in [6.45, 7) is 2.66. The van der Waals surface area contributed by atoms with Crippen LogP contribution in [0.3, 0.4) is 0 Å². The maximum Gasteiger partial charge on any atom is 0.261 e. The number of thioether (sulfide) groups is 1. The van der Waals surface area contributed by atoms with E-state index in [-0.39, 0.29) is 0 Å². The molecule has 0 radical (unpaired) electrons. The van der Waals surface area contributed by atoms with Gasteiger partial charge in [-0.25, -0.2) is 4.98 Å². The molecule has 21 heavy (non-hydrogen) atoms. The largest absolute Gasteiger partial charge is 0.431 e. The van der Waals surface area contributed by atoms with E-state index >= 15 is 0 Å². The first-order valence-electron chi connectivity index (χ1n) is 6.80. The highest BCUT2D eigenvalue weighted by molar-refractivity contribution is 8.00. The molecular weight excluding hydrogens is 300 g/mol. The lowest BCUT2D eigenvalue weighted by molar-refractivity contribution is 0.489. The van der Waals surface area contributed by atoms with Crippen LogP contribution in [-0.4, -0.2) is 10.7 Å². The Kier molecular flexibility index (Phi) is 4.53. The number of hydrogen-bond acceptors (Lipinski definition) is 5. The molecule has 3 nitrogen and oxygen atoms in total. The standard InChI is InChI=1S/C16H16N2OS2/c1-2-20-14-8-5-9-15(11(14)10-17)21-16-18-12-6-3-4-7-13(12)19-16/h3-9H,2,10,17H2,1H3. The topological polar surface area (TPSA) is 52.0 Å². The number of para-hydroxylation sites is 2. The fourth-order valence-electron chi connectivity index (χ4n) is 2.12. The van der Waals surface area contributed by atoms with Crippen LogP contribution in [0.25, 0.3) is 11.1 Å². The van der Waals surface area contributed by atoms with Gasteiger partial charge >= 0.3 is 0 Å². The van der Waals surface area contributed by atoms with Gasteiger partial charge < -0.3 is 10.2 Å². The summed E-state index contributed by atoms with van der Waals surface area (Å²) < 4.78 is 5.78. The molecule has 1 heterocycles. The summed E-state index contributed by atoms with van der Waals surface area (Å²) in [7, 11) is 0. The fourth-order valence-corrected chi connectivity index (χ4v) is 3.97. The lowest BCUT2D eigenvalue weighted by Gasteiger charge is -2.10. The minimum atomic E-state index is 0.520. The molecule has 2 N–H and O–H groups in total. The Labute approximate surface area is 132 Å². The van der Waals surface area contributed by atoms with Crippen LogP contribution in [-0.2, 0) is 6.54 Å². The van der Waals surface area contributed by atoms with Crippen LogP contribution >= 0.6 is 23.5 Å². The lowest BCUT2D eigenvalue weighted by atomic mass is 10.2. The molecule has 3 rings (SSSR count). The maximum absolute atomic E-state index is 5.93. The Morgan fingerprint density at radius 3 is 2.67 bits per heavy atom. The summed E-state index contributed by atoms with van der Waals surface area (Å²) in [4.78, 5) is 6.86. The summed E-state index contributed by atoms with van der Waals surface area (Å²) in [5.74, 6) is 1.03. The molecular formula is C16H16N2OS2. The Hall–Kier alpha value is -1.43. The van der Waals surface area contributed by atoms with Gasteiger partial charge in [0.2, 0.25) is 0 Å². The van der Waals surface area contributed by atoms with Crippen molar-refractivity contribution in [2.24, 2.45) is 5.73 Å². The number of nitrogens with two attached hydrogens (primary N) is 1. The van der Waals surface area contributed by atoms with Crippen molar-refractivity contribution in [3.8, 4) is 0 Å². The van der Waals surface area contributed by atoms with E-state index in [1.54, 1.807) is 0 Å². The third-order valence-corrected chi connectivity index (χ3v) is 5.00. The maximum atomic E-state index is 5.93. The van der Waals surface area contributed by atoms with Crippen molar-refractivity contribution >= 4 is 34.6 Å². The lowest BCUT2D eigenvalue weighted by Crippen LogP contribution is -2.00. The monoisotopic (exact) mass is 316 g/mol. The Morgan fingerprint density at radius 2 is 1.90 bits per heavy atom. The second-order valence-corrected chi connectivity index (χ2v) is 6.72. The Morgan fingerprint density at radius 1 is 1.10 bits per heavy atom. The molecule has 0 saturated heterocycles. The van der Waals surface area contributed by atoms with Crippen molar-refractivity contribution in [3.63, 3.8) is 0 Å². The van der Waals surface area contributed by atoms with E-state index in [2.05, 4.69) is 30.1 Å². The van der Waals surface area contributed by atoms with Crippen LogP contribution in [0.5, 0.6) is 0 Å². The molecule has 0 aliphatic heterocycles. The molecule has 0 unspecified atom stereocenters. The molecule has 108 valence electrons. The quantitative estimate of drug-likeness (QED) is 0.700. The Balaban J connectivity index is 1.95. The minimum Gasteiger partial charge on any atom is -0.431 e. The number of fused-ring (bicyclic) bond motifs is 1. The highest BCUT2D eigenvalue weighted by atomic mass is 32.2. The molecule has 5 heteroatoms. The molecule has 0 aliphatic rings. The molecule has 0 aliphatic carbocycles. The predicted octanol–water partition coefficient (Wildman–Crippen LogP) is 4.55. The summed E-state index contributed by atoms with van der Waals surface area (Å²) in [5.41, 5.74) is 8.79. The van der Waals surface area contributed by atoms with Crippen LogP contribution < -0.4 is 5.73 Å². The van der Waals surface area contributed by atoms with Crippen molar-refractivity contribution in [3.05, 3.63) is 48.0 Å². The number of oxazole rings is 1. The molecule has 0 fully saturated rings. The van der Waals surface area contributed by atoms with E-state index in [9.17, 15) is 0 Å². The third-order valence-electron chi connectivity index (χ3n) is 3.07. The van der Waals surface area contributed by atoms with Gasteiger partial charge in [-0.15, -0.1) is 11.8 Å². The van der Waals surface area contributed by atoms with Gasteiger partial charge in [0.1, 0.15) is 5.52 Å². The van der Waals surface area contributed by atoms with Gasteiger partial charge in [0.05, 0.1) is 0 Å². The van der Waals surface area contributed by atoms with Gasteiger partial charge in [-0.05, 0) is 47.3 Å². The van der Waals surface area contributed by atoms with Crippen molar-refractivity contribution < 1.29 is 4.42 Å². The van der Waals surface area contributed by atoms with Crippen LogP contribution in [0.15, 0.2) is 61.9 Å². The first-order chi connectivity index (χ1) is 10.3. The van der Waals surface area contributed by atoms with Gasteiger partial charge in [0.25, 0.3) is 5.22 Å². The third kappa shape index (κ3) is 3.10. The van der Waals surface area contributed by atoms with Crippen molar-refractivity contribution in [1.82, 2.24) is 4.98 Å². The van der Waals surface area contributed by atoms with E-state index in [0.717, 1.165) is 27.3 Å². The van der Waals surface area contributed by atoms with Crippen molar-refractivity contribution in [1.29, 1.82) is 0 Å². The predicted molar refractivity (Wildman–Crippen MR) is 88.9 cm³/mol. The average molecular weight is 316 g/mol. The molecule has 2 aromatic carbocycles. The molecule has 0 atom stereocenters. The van der Waals surface area contributed by atoms with Crippen molar-refractivity contribution in [2.45, 2.75) is 28.5 Å². The molecule has 1 aromatic heterocycles. The van der Waals surface area contributed by atoms with Crippen LogP contribution in [0.1, 0.15) is 12.5 Å². The molecule has 0 saturated carbocycles. The van der Waals surface area contributed by atoms with Gasteiger partial charge in [0.15, 0.2) is 5.58 Å². The fraction of sp³-hybridized carbons (Fsp3) is 0.188. The zero-order valence-electron chi connectivity index (χ0n) is 11.7. The zero-order valence-corrected chi connectivity index (χ0v) is 13.3. The van der Waals surface area contributed by atoms with Gasteiger partial charge in [-0.2, -0.15) is 0 Å². The molecule has 0 amide bonds. The van der Waals surface area contributed by atoms with E-state index in [1.165, 1.54) is 16.7 Å². The van der Waals surface area contributed by atoms with E-state index in [0.29, 0.717) is 11.8 Å². The smallest absolute Gasteiger partial charge is 0.261 e. The highest BCUT2D eigenvalue weighted by Crippen LogP contribution is 2.35. The highest BCUT2D eigenvalue weighted by Gasteiger charge is 2.12. The first-order valence-corrected chi connectivity index (χ1v) is 8.60. The number of nitrogens with zero attached hydrogens (tertiary/aromatic N) is 1. The SMILES string of the molecule is CCSc1cccc(Sc2nc3ccccc3o2)c1CN. The second-order valence-electron chi connectivity index (χ2n) is 4.42. The van der Waals surface area contributed by atoms with E-state index in [4.69, 9.17) is 10.2 Å². The second kappa shape index (κ2) is 6.56. The van der Waals surface area contributed by atoms with E-state index < -0.39 is 0 Å². The number of aromatic nitrogens is 1. The van der Waals surface area contributed by atoms with Crippen LogP contribution in [0, 0.1) is 0 Å². The Bertz CT molecular complexity index is 722. The normalized spacial score (nSPS) is 11.1. The van der Waals surface area contributed by atoms with Gasteiger partial charge in [0, 0.05) is 16.3 Å².